The third-order valence-electron chi connectivity index (χ3n) is 5.95. The van der Waals surface area contributed by atoms with Gasteiger partial charge in [-0.15, -0.1) is 0 Å². The Balaban J connectivity index is 1.94. The fourth-order valence-electron chi connectivity index (χ4n) is 4.89. The Morgan fingerprint density at radius 3 is 2.50 bits per heavy atom. The maximum atomic E-state index is 12.6. The van der Waals surface area contributed by atoms with Crippen molar-refractivity contribution in [3.8, 4) is 0 Å². The van der Waals surface area contributed by atoms with Crippen molar-refractivity contribution < 1.29 is 9.53 Å². The lowest BCUT2D eigenvalue weighted by Crippen LogP contribution is -2.50. The zero-order valence-corrected chi connectivity index (χ0v) is 18.1. The number of nitrogens with zero attached hydrogens (tertiary/aromatic N) is 2. The molecule has 26 heavy (non-hydrogen) atoms. The number of ether oxygens (including phenoxy) is 1. The van der Waals surface area contributed by atoms with Crippen LogP contribution in [0.5, 0.6) is 0 Å². The van der Waals surface area contributed by atoms with E-state index in [0.717, 1.165) is 24.8 Å². The van der Waals surface area contributed by atoms with Crippen molar-refractivity contribution >= 4 is 6.09 Å². The number of hydrogen-bond donors (Lipinski definition) is 0. The summed E-state index contributed by atoms with van der Waals surface area (Å²) in [5.74, 6) is 2.23. The van der Waals surface area contributed by atoms with E-state index in [-0.39, 0.29) is 6.09 Å². The van der Waals surface area contributed by atoms with Gasteiger partial charge in [-0.25, -0.2) is 4.79 Å². The highest BCUT2D eigenvalue weighted by Crippen LogP contribution is 2.31. The molecule has 1 saturated carbocycles. The Morgan fingerprint density at radius 2 is 1.85 bits per heavy atom. The molecule has 1 aliphatic heterocycles. The van der Waals surface area contributed by atoms with Gasteiger partial charge in [0.1, 0.15) is 5.60 Å². The Morgan fingerprint density at radius 1 is 1.15 bits per heavy atom. The second kappa shape index (κ2) is 9.43. The molecule has 152 valence electrons. The van der Waals surface area contributed by atoms with E-state index in [1.807, 2.05) is 32.7 Å². The van der Waals surface area contributed by atoms with E-state index in [2.05, 4.69) is 18.7 Å². The number of piperidine rings is 1. The number of likely N-dealkylation sites (tertiary alicyclic amines) is 1. The molecule has 0 radical (unpaired) electrons. The molecule has 0 bridgehead atoms. The summed E-state index contributed by atoms with van der Waals surface area (Å²) in [7, 11) is 1.94. The molecule has 2 fully saturated rings. The Labute approximate surface area is 161 Å². The lowest BCUT2D eigenvalue weighted by molar-refractivity contribution is 0.00641. The number of rotatable bonds is 5. The van der Waals surface area contributed by atoms with E-state index in [0.29, 0.717) is 12.0 Å². The van der Waals surface area contributed by atoms with Gasteiger partial charge >= 0.3 is 6.09 Å². The number of hydrogen-bond acceptors (Lipinski definition) is 3. The Hall–Kier alpha value is -0.770. The van der Waals surface area contributed by atoms with Gasteiger partial charge in [0.2, 0.25) is 0 Å². The minimum absolute atomic E-state index is 0.161. The quantitative estimate of drug-likeness (QED) is 0.673. The van der Waals surface area contributed by atoms with Crippen LogP contribution < -0.4 is 0 Å². The van der Waals surface area contributed by atoms with Crippen molar-refractivity contribution in [2.45, 2.75) is 91.2 Å². The standard InChI is InChI=1S/C22H42N2O2/c1-17(2)14-18-10-9-13-24(15-18)16-19-11-7-8-12-20(19)23(6)21(25)26-22(3,4)5/h17-20H,7-16H2,1-6H3/t18?,19-,20?/m0/s1. The molecular formula is C22H42N2O2. The molecule has 2 aliphatic rings. The molecule has 4 heteroatoms. The van der Waals surface area contributed by atoms with Crippen molar-refractivity contribution in [2.75, 3.05) is 26.7 Å². The fourth-order valence-corrected chi connectivity index (χ4v) is 4.89. The van der Waals surface area contributed by atoms with Crippen molar-refractivity contribution in [3.63, 3.8) is 0 Å². The molecule has 2 rings (SSSR count). The van der Waals surface area contributed by atoms with Crippen LogP contribution in [0.3, 0.4) is 0 Å². The van der Waals surface area contributed by atoms with E-state index in [1.54, 1.807) is 0 Å². The van der Waals surface area contributed by atoms with Crippen LogP contribution in [-0.4, -0.2) is 54.2 Å². The summed E-state index contributed by atoms with van der Waals surface area (Å²) in [5, 5.41) is 0. The summed E-state index contributed by atoms with van der Waals surface area (Å²) < 4.78 is 5.63. The Bertz CT molecular complexity index is 444. The van der Waals surface area contributed by atoms with Crippen LogP contribution in [0.15, 0.2) is 0 Å². The molecular weight excluding hydrogens is 324 g/mol. The SMILES string of the molecule is CC(C)CC1CCCN(C[C@@H]2CCCCC2N(C)C(=O)OC(C)(C)C)C1. The van der Waals surface area contributed by atoms with E-state index in [4.69, 9.17) is 4.74 Å². The van der Waals surface area contributed by atoms with E-state index in [9.17, 15) is 4.79 Å². The van der Waals surface area contributed by atoms with Crippen LogP contribution in [0.4, 0.5) is 4.79 Å². The van der Waals surface area contributed by atoms with Crippen molar-refractivity contribution in [2.24, 2.45) is 17.8 Å². The van der Waals surface area contributed by atoms with Gasteiger partial charge in [-0.2, -0.15) is 0 Å². The predicted molar refractivity (Wildman–Crippen MR) is 108 cm³/mol. The third kappa shape index (κ3) is 6.75. The first-order valence-electron chi connectivity index (χ1n) is 10.8. The van der Waals surface area contributed by atoms with Gasteiger partial charge in [-0.05, 0) is 77.2 Å². The van der Waals surface area contributed by atoms with Gasteiger partial charge < -0.3 is 14.5 Å². The van der Waals surface area contributed by atoms with Gasteiger partial charge in [0, 0.05) is 26.2 Å². The average molecular weight is 367 g/mol. The monoisotopic (exact) mass is 366 g/mol. The van der Waals surface area contributed by atoms with Gasteiger partial charge in [-0.3, -0.25) is 0 Å². The fraction of sp³-hybridized carbons (Fsp3) is 0.955. The molecule has 1 aliphatic carbocycles. The summed E-state index contributed by atoms with van der Waals surface area (Å²) in [5.41, 5.74) is -0.424. The second-order valence-corrected chi connectivity index (χ2v) is 10.1. The Kier molecular flexibility index (Phi) is 7.81. The smallest absolute Gasteiger partial charge is 0.410 e. The highest BCUT2D eigenvalue weighted by molar-refractivity contribution is 5.68. The molecule has 0 aromatic rings. The summed E-state index contributed by atoms with van der Waals surface area (Å²) in [4.78, 5) is 17.1. The first-order valence-corrected chi connectivity index (χ1v) is 10.8. The predicted octanol–water partition coefficient (Wildman–Crippen LogP) is 5.17. The molecule has 2 unspecified atom stereocenters. The van der Waals surface area contributed by atoms with E-state index < -0.39 is 5.60 Å². The highest BCUT2D eigenvalue weighted by atomic mass is 16.6. The topological polar surface area (TPSA) is 32.8 Å². The van der Waals surface area contributed by atoms with Crippen molar-refractivity contribution in [1.82, 2.24) is 9.80 Å². The summed E-state index contributed by atoms with van der Waals surface area (Å²) in [6, 6.07) is 0.323. The van der Waals surface area contributed by atoms with Crippen molar-refractivity contribution in [3.05, 3.63) is 0 Å². The van der Waals surface area contributed by atoms with Crippen LogP contribution in [-0.2, 0) is 4.74 Å². The molecule has 0 spiro atoms. The van der Waals surface area contributed by atoms with Crippen LogP contribution in [0, 0.1) is 17.8 Å². The third-order valence-corrected chi connectivity index (χ3v) is 5.95. The summed E-state index contributed by atoms with van der Waals surface area (Å²) in [6.45, 7) is 14.1. The minimum Gasteiger partial charge on any atom is -0.444 e. The van der Waals surface area contributed by atoms with Gasteiger partial charge in [-0.1, -0.05) is 26.7 Å². The first kappa shape index (κ1) is 21.5. The molecule has 1 amide bonds. The number of amides is 1. The lowest BCUT2D eigenvalue weighted by atomic mass is 9.82. The number of carbonyl (C=O) groups is 1. The lowest BCUT2D eigenvalue weighted by Gasteiger charge is -2.42. The van der Waals surface area contributed by atoms with Crippen LogP contribution in [0.25, 0.3) is 0 Å². The number of carbonyl (C=O) groups excluding carboxylic acids is 1. The van der Waals surface area contributed by atoms with Crippen LogP contribution >= 0.6 is 0 Å². The molecule has 1 heterocycles. The second-order valence-electron chi connectivity index (χ2n) is 10.1. The normalized spacial score (nSPS) is 28.2. The largest absolute Gasteiger partial charge is 0.444 e. The first-order chi connectivity index (χ1) is 12.2. The maximum Gasteiger partial charge on any atom is 0.410 e. The highest BCUT2D eigenvalue weighted by Gasteiger charge is 2.34. The minimum atomic E-state index is -0.424. The zero-order chi connectivity index (χ0) is 19.3. The molecule has 3 atom stereocenters. The molecule has 0 aromatic carbocycles. The molecule has 0 aromatic heterocycles. The summed E-state index contributed by atoms with van der Waals surface area (Å²) >= 11 is 0. The van der Waals surface area contributed by atoms with E-state index >= 15 is 0 Å². The molecule has 1 saturated heterocycles. The summed E-state index contributed by atoms with van der Waals surface area (Å²) in [6.07, 6.45) is 8.79. The van der Waals surface area contributed by atoms with Gasteiger partial charge in [0.25, 0.3) is 0 Å². The van der Waals surface area contributed by atoms with Crippen molar-refractivity contribution in [1.29, 1.82) is 0 Å². The average Bonchev–Trinajstić information content (AvgIpc) is 2.53. The molecule has 0 N–H and O–H groups in total. The zero-order valence-electron chi connectivity index (χ0n) is 18.1. The molecule has 4 nitrogen and oxygen atoms in total. The van der Waals surface area contributed by atoms with Crippen LogP contribution in [0.2, 0.25) is 0 Å². The van der Waals surface area contributed by atoms with Gasteiger partial charge in [0.15, 0.2) is 0 Å². The van der Waals surface area contributed by atoms with E-state index in [1.165, 1.54) is 51.6 Å². The maximum absolute atomic E-state index is 12.6. The van der Waals surface area contributed by atoms with Crippen LogP contribution in [0.1, 0.15) is 79.6 Å². The van der Waals surface area contributed by atoms with Gasteiger partial charge in [0.05, 0.1) is 0 Å².